The van der Waals surface area contributed by atoms with Crippen LogP contribution >= 0.6 is 7.82 Å². The zero-order chi connectivity index (χ0) is 38.4. The van der Waals surface area contributed by atoms with Crippen molar-refractivity contribution in [3.8, 4) is 0 Å². The average Bonchev–Trinajstić information content (AvgIpc) is 3.13. The van der Waals surface area contributed by atoms with Crippen molar-refractivity contribution in [2.45, 2.75) is 199 Å². The summed E-state index contributed by atoms with van der Waals surface area (Å²) in [4.78, 5) is 34.9. The molecule has 0 fully saturated rings. The number of phosphoric ester groups is 1. The summed E-state index contributed by atoms with van der Waals surface area (Å²) in [6, 6.07) is 0. The first-order chi connectivity index (χ1) is 25.2. The van der Waals surface area contributed by atoms with Crippen LogP contribution in [0.1, 0.15) is 187 Å². The maximum absolute atomic E-state index is 12.6. The van der Waals surface area contributed by atoms with Crippen LogP contribution in [-0.2, 0) is 32.7 Å². The van der Waals surface area contributed by atoms with E-state index in [9.17, 15) is 24.2 Å². The summed E-state index contributed by atoms with van der Waals surface area (Å²) in [7, 11) is -4.61. The fourth-order valence-electron chi connectivity index (χ4n) is 5.57. The molecule has 10 nitrogen and oxygen atoms in total. The van der Waals surface area contributed by atoms with E-state index in [-0.39, 0.29) is 19.4 Å². The van der Waals surface area contributed by atoms with Gasteiger partial charge in [-0.2, -0.15) is 0 Å². The third-order valence-corrected chi connectivity index (χ3v) is 9.78. The SMILES string of the molecule is CCCCCC/C=C/CCCCCCCCCC(=O)OC[C@H](COP(=O)(O)OC[C@@H](O)CO)OC(=O)CCCCCCC/C=C/CCCCCCC. The monoisotopic (exact) mass is 761 g/mol. The fraction of sp³-hybridized carbons (Fsp3) is 0.854. The molecule has 0 aromatic carbocycles. The molecular weight excluding hydrogens is 683 g/mol. The highest BCUT2D eigenvalue weighted by Gasteiger charge is 2.27. The van der Waals surface area contributed by atoms with Crippen molar-refractivity contribution in [1.29, 1.82) is 0 Å². The maximum Gasteiger partial charge on any atom is 0.472 e. The Morgan fingerprint density at radius 2 is 0.942 bits per heavy atom. The Labute approximate surface area is 317 Å². The maximum atomic E-state index is 12.6. The molecule has 0 heterocycles. The number of allylic oxidation sites excluding steroid dienone is 4. The van der Waals surface area contributed by atoms with Gasteiger partial charge in [-0.25, -0.2) is 4.57 Å². The molecule has 0 spiro atoms. The molecule has 0 saturated heterocycles. The van der Waals surface area contributed by atoms with Crippen molar-refractivity contribution in [1.82, 2.24) is 0 Å². The minimum atomic E-state index is -4.61. The number of unbranched alkanes of at least 4 members (excludes halogenated alkanes) is 21. The molecule has 3 atom stereocenters. The number of aliphatic hydroxyl groups excluding tert-OH is 2. The van der Waals surface area contributed by atoms with Gasteiger partial charge in [0.2, 0.25) is 0 Å². The second kappa shape index (κ2) is 37.8. The van der Waals surface area contributed by atoms with Crippen LogP contribution < -0.4 is 0 Å². The Bertz CT molecular complexity index is 925. The second-order valence-corrected chi connectivity index (χ2v) is 15.5. The van der Waals surface area contributed by atoms with Crippen molar-refractivity contribution in [2.75, 3.05) is 26.4 Å². The van der Waals surface area contributed by atoms with Gasteiger partial charge >= 0.3 is 19.8 Å². The lowest BCUT2D eigenvalue weighted by molar-refractivity contribution is -0.161. The lowest BCUT2D eigenvalue weighted by atomic mass is 10.1. The lowest BCUT2D eigenvalue weighted by Gasteiger charge is -2.20. The molecule has 0 aromatic rings. The largest absolute Gasteiger partial charge is 0.472 e. The van der Waals surface area contributed by atoms with Gasteiger partial charge in [0.15, 0.2) is 6.10 Å². The number of rotatable bonds is 39. The van der Waals surface area contributed by atoms with E-state index in [0.29, 0.717) is 12.8 Å². The fourth-order valence-corrected chi connectivity index (χ4v) is 6.36. The number of ether oxygens (including phenoxy) is 2. The Hall–Kier alpha value is -1.55. The third-order valence-electron chi connectivity index (χ3n) is 8.83. The predicted octanol–water partition coefficient (Wildman–Crippen LogP) is 10.6. The van der Waals surface area contributed by atoms with Gasteiger partial charge < -0.3 is 24.6 Å². The molecule has 306 valence electrons. The van der Waals surface area contributed by atoms with Crippen LogP contribution in [0.3, 0.4) is 0 Å². The molecule has 0 aliphatic rings. The van der Waals surface area contributed by atoms with Gasteiger partial charge in [0.05, 0.1) is 19.8 Å². The number of carbonyl (C=O) groups excluding carboxylic acids is 2. The summed E-state index contributed by atoms with van der Waals surface area (Å²) in [5, 5.41) is 18.3. The summed E-state index contributed by atoms with van der Waals surface area (Å²) in [5.74, 6) is -0.937. The molecule has 1 unspecified atom stereocenters. The van der Waals surface area contributed by atoms with Gasteiger partial charge in [0.25, 0.3) is 0 Å². The first-order valence-corrected chi connectivity index (χ1v) is 22.3. The van der Waals surface area contributed by atoms with Gasteiger partial charge in [-0.15, -0.1) is 0 Å². The van der Waals surface area contributed by atoms with E-state index in [1.807, 2.05) is 0 Å². The van der Waals surface area contributed by atoms with Gasteiger partial charge in [-0.1, -0.05) is 134 Å². The second-order valence-electron chi connectivity index (χ2n) is 14.0. The standard InChI is InChI=1S/C41H77O10P/c1-3-5-7-9-11-13-15-17-19-21-22-24-26-28-30-32-40(44)48-36-39(37-50-52(46,47)49-35-38(43)34-42)51-41(45)33-31-29-27-25-23-20-18-16-14-12-10-8-6-4-2/h13,15-16,18,38-39,42-43H,3-12,14,17,19-37H2,1-2H3,(H,46,47)/b15-13+,18-16+/t38-,39+/m0/s1. The number of esters is 2. The smallest absolute Gasteiger partial charge is 0.462 e. The van der Waals surface area contributed by atoms with Crippen LogP contribution in [0.2, 0.25) is 0 Å². The minimum absolute atomic E-state index is 0.175. The molecule has 3 N–H and O–H groups in total. The van der Waals surface area contributed by atoms with E-state index in [1.165, 1.54) is 83.5 Å². The number of hydrogen-bond donors (Lipinski definition) is 3. The normalized spacial score (nSPS) is 14.2. The zero-order valence-corrected chi connectivity index (χ0v) is 33.9. The van der Waals surface area contributed by atoms with Crippen LogP contribution in [0, 0.1) is 0 Å². The quantitative estimate of drug-likeness (QED) is 0.0239. The molecule has 11 heteroatoms. The Balaban J connectivity index is 4.33. The minimum Gasteiger partial charge on any atom is -0.462 e. The average molecular weight is 761 g/mol. The predicted molar refractivity (Wildman–Crippen MR) is 210 cm³/mol. The van der Waals surface area contributed by atoms with Crippen LogP contribution in [-0.4, -0.2) is 65.7 Å². The molecule has 0 amide bonds. The van der Waals surface area contributed by atoms with Crippen molar-refractivity contribution < 1.29 is 47.8 Å². The van der Waals surface area contributed by atoms with Gasteiger partial charge in [-0.3, -0.25) is 18.6 Å². The van der Waals surface area contributed by atoms with Crippen LogP contribution in [0.25, 0.3) is 0 Å². The molecule has 52 heavy (non-hydrogen) atoms. The van der Waals surface area contributed by atoms with Gasteiger partial charge in [-0.05, 0) is 64.2 Å². The van der Waals surface area contributed by atoms with Gasteiger partial charge in [0, 0.05) is 12.8 Å². The van der Waals surface area contributed by atoms with E-state index in [0.717, 1.165) is 64.2 Å². The van der Waals surface area contributed by atoms with E-state index in [4.69, 9.17) is 19.1 Å². The number of aliphatic hydroxyl groups is 2. The molecule has 0 saturated carbocycles. The topological polar surface area (TPSA) is 149 Å². The highest BCUT2D eigenvalue weighted by molar-refractivity contribution is 7.47. The molecular formula is C41H77O10P. The van der Waals surface area contributed by atoms with Crippen molar-refractivity contribution in [2.24, 2.45) is 0 Å². The summed E-state index contributed by atoms with van der Waals surface area (Å²) in [6.07, 6.45) is 35.7. The first-order valence-electron chi connectivity index (χ1n) is 20.8. The van der Waals surface area contributed by atoms with Crippen LogP contribution in [0.4, 0.5) is 0 Å². The molecule has 0 aromatic heterocycles. The highest BCUT2D eigenvalue weighted by Crippen LogP contribution is 2.43. The molecule has 0 radical (unpaired) electrons. The lowest BCUT2D eigenvalue weighted by Crippen LogP contribution is -2.29. The van der Waals surface area contributed by atoms with Gasteiger partial charge in [0.1, 0.15) is 12.7 Å². The van der Waals surface area contributed by atoms with E-state index >= 15 is 0 Å². The van der Waals surface area contributed by atoms with Crippen molar-refractivity contribution >= 4 is 19.8 Å². The molecule has 0 aliphatic heterocycles. The summed E-state index contributed by atoms with van der Waals surface area (Å²) in [6.45, 7) is 2.34. The zero-order valence-electron chi connectivity index (χ0n) is 33.0. The summed E-state index contributed by atoms with van der Waals surface area (Å²) in [5.41, 5.74) is 0. The molecule has 0 rings (SSSR count). The van der Waals surface area contributed by atoms with E-state index in [2.05, 4.69) is 42.7 Å². The number of carbonyl (C=O) groups is 2. The molecule has 0 bridgehead atoms. The number of phosphoric acid groups is 1. The van der Waals surface area contributed by atoms with Crippen LogP contribution in [0.15, 0.2) is 24.3 Å². The summed E-state index contributed by atoms with van der Waals surface area (Å²) < 4.78 is 32.6. The van der Waals surface area contributed by atoms with E-state index < -0.39 is 51.8 Å². The Morgan fingerprint density at radius 1 is 0.558 bits per heavy atom. The van der Waals surface area contributed by atoms with Crippen LogP contribution in [0.5, 0.6) is 0 Å². The highest BCUT2D eigenvalue weighted by atomic mass is 31.2. The summed E-state index contributed by atoms with van der Waals surface area (Å²) >= 11 is 0. The van der Waals surface area contributed by atoms with Crippen molar-refractivity contribution in [3.63, 3.8) is 0 Å². The Kier molecular flexibility index (Phi) is 36.6. The molecule has 0 aliphatic carbocycles. The van der Waals surface area contributed by atoms with E-state index in [1.54, 1.807) is 0 Å². The third kappa shape index (κ3) is 36.8. The Morgan fingerprint density at radius 3 is 1.40 bits per heavy atom. The number of hydrogen-bond acceptors (Lipinski definition) is 9. The van der Waals surface area contributed by atoms with Crippen molar-refractivity contribution in [3.05, 3.63) is 24.3 Å². The first kappa shape index (κ1) is 50.5.